The van der Waals surface area contributed by atoms with Gasteiger partial charge in [0.05, 0.1) is 19.8 Å². The number of sulfonamides is 1. The summed E-state index contributed by atoms with van der Waals surface area (Å²) in [5, 5.41) is 15.4. The maximum absolute atomic E-state index is 12.6. The molecule has 1 aromatic heterocycles. The van der Waals surface area contributed by atoms with Gasteiger partial charge in [-0.2, -0.15) is 5.26 Å². The molecule has 2 N–H and O–H groups in total. The molecular formula is C27H32N4O4S2. The standard InChI is InChI=1S/C27H32N4O4S2/c1-20(27(19-28)37(32,33)30-10-14-34-2)25-7-8-26(36-25)23-4-3-22-18-24(6-5-21(22)17-23)29-9-11-31-12-15-35-16-13-31/h3-8,17-18,29-30H,9-16H2,1-2H3/b27-20+. The summed E-state index contributed by atoms with van der Waals surface area (Å²) in [4.78, 5) is 3.88. The van der Waals surface area contributed by atoms with E-state index in [0.29, 0.717) is 5.57 Å². The van der Waals surface area contributed by atoms with Crippen molar-refractivity contribution in [2.24, 2.45) is 0 Å². The number of benzene rings is 2. The highest BCUT2D eigenvalue weighted by molar-refractivity contribution is 7.93. The lowest BCUT2D eigenvalue weighted by Gasteiger charge is -2.26. The summed E-state index contributed by atoms with van der Waals surface area (Å²) in [6, 6.07) is 18.4. The number of ether oxygens (including phenoxy) is 2. The van der Waals surface area contributed by atoms with E-state index in [4.69, 9.17) is 9.47 Å². The average molecular weight is 541 g/mol. The first kappa shape index (κ1) is 27.3. The third-order valence-corrected chi connectivity index (χ3v) is 9.04. The predicted octanol–water partition coefficient (Wildman–Crippen LogP) is 4.13. The van der Waals surface area contributed by atoms with Crippen molar-refractivity contribution in [3.05, 3.63) is 58.3 Å². The zero-order valence-corrected chi connectivity index (χ0v) is 22.8. The number of allylic oxidation sites excluding steroid dienone is 2. The van der Waals surface area contributed by atoms with E-state index in [0.717, 1.165) is 71.2 Å². The first-order valence-electron chi connectivity index (χ1n) is 12.2. The van der Waals surface area contributed by atoms with Gasteiger partial charge in [0.2, 0.25) is 0 Å². The Morgan fingerprint density at radius 2 is 1.86 bits per heavy atom. The number of hydrogen-bond acceptors (Lipinski definition) is 8. The Balaban J connectivity index is 1.47. The van der Waals surface area contributed by atoms with Crippen molar-refractivity contribution in [1.29, 1.82) is 5.26 Å². The van der Waals surface area contributed by atoms with Crippen molar-refractivity contribution in [3.8, 4) is 16.5 Å². The number of anilines is 1. The summed E-state index contributed by atoms with van der Waals surface area (Å²) in [6.45, 7) is 7.47. The van der Waals surface area contributed by atoms with E-state index < -0.39 is 10.0 Å². The molecule has 4 rings (SSSR count). The Kier molecular flexibility index (Phi) is 9.32. The average Bonchev–Trinajstić information content (AvgIpc) is 3.40. The summed E-state index contributed by atoms with van der Waals surface area (Å²) in [7, 11) is -2.42. The molecule has 8 nitrogen and oxygen atoms in total. The van der Waals surface area contributed by atoms with Crippen molar-refractivity contribution < 1.29 is 17.9 Å². The van der Waals surface area contributed by atoms with E-state index in [9.17, 15) is 13.7 Å². The Bertz CT molecular complexity index is 1400. The summed E-state index contributed by atoms with van der Waals surface area (Å²) in [6.07, 6.45) is 0. The number of thiophene rings is 1. The van der Waals surface area contributed by atoms with E-state index in [2.05, 4.69) is 51.3 Å². The molecule has 0 bridgehead atoms. The molecule has 10 heteroatoms. The second-order valence-electron chi connectivity index (χ2n) is 8.78. The van der Waals surface area contributed by atoms with Crippen LogP contribution in [0, 0.1) is 11.3 Å². The highest BCUT2D eigenvalue weighted by Gasteiger charge is 2.21. The molecule has 0 aliphatic carbocycles. The lowest BCUT2D eigenvalue weighted by Crippen LogP contribution is -2.38. The van der Waals surface area contributed by atoms with Gasteiger partial charge in [0.25, 0.3) is 10.0 Å². The molecule has 2 aromatic carbocycles. The van der Waals surface area contributed by atoms with Gasteiger partial charge in [-0.25, -0.2) is 13.1 Å². The number of nitrogens with one attached hydrogen (secondary N) is 2. The van der Waals surface area contributed by atoms with Crippen LogP contribution in [0.3, 0.4) is 0 Å². The largest absolute Gasteiger partial charge is 0.384 e. The van der Waals surface area contributed by atoms with Crippen LogP contribution in [-0.2, 0) is 19.5 Å². The zero-order valence-electron chi connectivity index (χ0n) is 21.1. The van der Waals surface area contributed by atoms with Crippen LogP contribution in [0.1, 0.15) is 11.8 Å². The fraction of sp³-hybridized carbons (Fsp3) is 0.370. The predicted molar refractivity (Wildman–Crippen MR) is 150 cm³/mol. The smallest absolute Gasteiger partial charge is 0.251 e. The third-order valence-electron chi connectivity index (χ3n) is 6.27. The molecule has 1 aliphatic heterocycles. The molecule has 0 spiro atoms. The Morgan fingerprint density at radius 3 is 2.62 bits per heavy atom. The van der Waals surface area contributed by atoms with Crippen molar-refractivity contribution in [1.82, 2.24) is 9.62 Å². The Hall–Kier alpha value is -2.78. The minimum absolute atomic E-state index is 0.106. The molecule has 0 amide bonds. The molecule has 0 radical (unpaired) electrons. The number of nitrogens with zero attached hydrogens (tertiary/aromatic N) is 2. The van der Waals surface area contributed by atoms with Gasteiger partial charge < -0.3 is 14.8 Å². The molecule has 1 saturated heterocycles. The third kappa shape index (κ3) is 6.96. The van der Waals surface area contributed by atoms with E-state index in [-0.39, 0.29) is 18.1 Å². The maximum Gasteiger partial charge on any atom is 0.251 e. The van der Waals surface area contributed by atoms with Crippen molar-refractivity contribution >= 4 is 43.4 Å². The molecule has 196 valence electrons. The summed E-state index contributed by atoms with van der Waals surface area (Å²) >= 11 is 1.47. The van der Waals surface area contributed by atoms with Crippen molar-refractivity contribution in [3.63, 3.8) is 0 Å². The first-order chi connectivity index (χ1) is 17.9. The second-order valence-corrected chi connectivity index (χ2v) is 11.6. The molecule has 0 atom stereocenters. The highest BCUT2D eigenvalue weighted by Crippen LogP contribution is 2.35. The van der Waals surface area contributed by atoms with Gasteiger partial charge in [-0.15, -0.1) is 11.3 Å². The molecule has 0 saturated carbocycles. The SMILES string of the molecule is COCCNS(=O)(=O)/C(C#N)=C(\C)c1ccc(-c2ccc3cc(NCCN4CCOCC4)ccc3c2)s1. The summed E-state index contributed by atoms with van der Waals surface area (Å²) in [5.74, 6) is 0. The van der Waals surface area contributed by atoms with Crippen LogP contribution in [0.5, 0.6) is 0 Å². The molecule has 2 heterocycles. The van der Waals surface area contributed by atoms with Crippen LogP contribution in [-0.4, -0.2) is 73.0 Å². The van der Waals surface area contributed by atoms with Gasteiger partial charge in [0.15, 0.2) is 4.91 Å². The van der Waals surface area contributed by atoms with Crippen LogP contribution in [0.25, 0.3) is 26.8 Å². The quantitative estimate of drug-likeness (QED) is 0.278. The normalized spacial score (nSPS) is 15.4. The first-order valence-corrected chi connectivity index (χ1v) is 14.5. The molecular weight excluding hydrogens is 508 g/mol. The topological polar surface area (TPSA) is 104 Å². The zero-order chi connectivity index (χ0) is 26.3. The molecule has 1 fully saturated rings. The number of fused-ring (bicyclic) bond motifs is 1. The van der Waals surface area contributed by atoms with Gasteiger partial charge in [0.1, 0.15) is 6.07 Å². The fourth-order valence-electron chi connectivity index (χ4n) is 4.19. The molecule has 3 aromatic rings. The lowest BCUT2D eigenvalue weighted by molar-refractivity contribution is 0.0398. The van der Waals surface area contributed by atoms with Crippen LogP contribution in [0.15, 0.2) is 53.4 Å². The summed E-state index contributed by atoms with van der Waals surface area (Å²) in [5.41, 5.74) is 2.57. The van der Waals surface area contributed by atoms with Crippen LogP contribution >= 0.6 is 11.3 Å². The Morgan fingerprint density at radius 1 is 1.11 bits per heavy atom. The number of rotatable bonds is 11. The van der Waals surface area contributed by atoms with Crippen LogP contribution < -0.4 is 10.0 Å². The maximum atomic E-state index is 12.6. The summed E-state index contributed by atoms with van der Waals surface area (Å²) < 4.78 is 37.9. The van der Waals surface area contributed by atoms with Gasteiger partial charge in [-0.1, -0.05) is 18.2 Å². The van der Waals surface area contributed by atoms with Gasteiger partial charge in [0, 0.05) is 55.3 Å². The van der Waals surface area contributed by atoms with E-state index in [1.807, 2.05) is 18.2 Å². The van der Waals surface area contributed by atoms with Crippen molar-refractivity contribution in [2.75, 3.05) is 65.0 Å². The number of nitriles is 1. The van der Waals surface area contributed by atoms with Gasteiger partial charge in [-0.05, 0) is 59.2 Å². The molecule has 0 unspecified atom stereocenters. The number of morpholine rings is 1. The lowest BCUT2D eigenvalue weighted by atomic mass is 10.1. The van der Waals surface area contributed by atoms with E-state index in [1.165, 1.54) is 18.4 Å². The highest BCUT2D eigenvalue weighted by atomic mass is 32.2. The van der Waals surface area contributed by atoms with Crippen molar-refractivity contribution in [2.45, 2.75) is 6.92 Å². The molecule has 37 heavy (non-hydrogen) atoms. The minimum atomic E-state index is -3.91. The fourth-order valence-corrected chi connectivity index (χ4v) is 6.40. The monoisotopic (exact) mass is 540 g/mol. The Labute approximate surface area is 222 Å². The number of methoxy groups -OCH3 is 1. The number of hydrogen-bond donors (Lipinski definition) is 2. The van der Waals surface area contributed by atoms with Gasteiger partial charge in [-0.3, -0.25) is 4.90 Å². The second kappa shape index (κ2) is 12.6. The van der Waals surface area contributed by atoms with Gasteiger partial charge >= 0.3 is 0 Å². The molecule has 1 aliphatic rings. The van der Waals surface area contributed by atoms with E-state index in [1.54, 1.807) is 6.92 Å². The van der Waals surface area contributed by atoms with Crippen LogP contribution in [0.2, 0.25) is 0 Å². The van der Waals surface area contributed by atoms with Crippen LogP contribution in [0.4, 0.5) is 5.69 Å². The van der Waals surface area contributed by atoms with E-state index >= 15 is 0 Å². The minimum Gasteiger partial charge on any atom is -0.384 e.